The van der Waals surface area contributed by atoms with Crippen LogP contribution in [0, 0.1) is 0 Å². The van der Waals surface area contributed by atoms with Crippen LogP contribution in [0.25, 0.3) is 0 Å². The molecule has 0 saturated carbocycles. The van der Waals surface area contributed by atoms with Gasteiger partial charge in [-0.05, 0) is 52.2 Å². The number of carbonyl (C=O) groups is 7. The molecule has 3 N–H and O–H groups in total. The lowest BCUT2D eigenvalue weighted by Crippen LogP contribution is -2.54. The Labute approximate surface area is 229 Å². The van der Waals surface area contributed by atoms with Gasteiger partial charge in [-0.25, -0.2) is 4.79 Å². The Morgan fingerprint density at radius 2 is 1.85 bits per heavy atom. The summed E-state index contributed by atoms with van der Waals surface area (Å²) in [6.07, 6.45) is 0.0882. The molecule has 1 unspecified atom stereocenters. The molecule has 1 atom stereocenters. The summed E-state index contributed by atoms with van der Waals surface area (Å²) in [5, 5.41) is 13.8. The number of carboxylic acids is 1. The van der Waals surface area contributed by atoms with Gasteiger partial charge in [-0.1, -0.05) is 6.07 Å². The largest absolute Gasteiger partial charge is 0.483 e. The highest BCUT2D eigenvalue weighted by atomic mass is 16.6. The minimum Gasteiger partial charge on any atom is -0.483 e. The second-order valence-corrected chi connectivity index (χ2v) is 10.3. The van der Waals surface area contributed by atoms with Gasteiger partial charge in [0, 0.05) is 19.5 Å². The number of nitrogens with one attached hydrogen (secondary N) is 2. The maximum atomic E-state index is 13.1. The number of hydrogen-bond acceptors (Lipinski definition) is 9. The molecule has 0 aliphatic carbocycles. The molecule has 1 fully saturated rings. The fourth-order valence-corrected chi connectivity index (χ4v) is 4.18. The number of imide groups is 2. The second-order valence-electron chi connectivity index (χ2n) is 10.3. The van der Waals surface area contributed by atoms with Crippen molar-refractivity contribution in [1.29, 1.82) is 0 Å². The summed E-state index contributed by atoms with van der Waals surface area (Å²) in [5.41, 5.74) is -0.809. The predicted octanol–water partition coefficient (Wildman–Crippen LogP) is 0.685. The van der Waals surface area contributed by atoms with Crippen LogP contribution in [0.2, 0.25) is 0 Å². The van der Waals surface area contributed by atoms with Crippen molar-refractivity contribution in [3.8, 4) is 5.75 Å². The molecule has 40 heavy (non-hydrogen) atoms. The van der Waals surface area contributed by atoms with E-state index in [1.807, 2.05) is 0 Å². The summed E-state index contributed by atoms with van der Waals surface area (Å²) in [5.74, 6) is -4.33. The zero-order chi connectivity index (χ0) is 29.6. The minimum absolute atomic E-state index is 0.00228. The molecule has 2 heterocycles. The van der Waals surface area contributed by atoms with Gasteiger partial charge >= 0.3 is 12.1 Å². The Morgan fingerprint density at radius 3 is 2.50 bits per heavy atom. The highest BCUT2D eigenvalue weighted by Crippen LogP contribution is 2.33. The highest BCUT2D eigenvalue weighted by Gasteiger charge is 2.46. The number of fused-ring (bicyclic) bond motifs is 1. The molecule has 2 aliphatic heterocycles. The Morgan fingerprint density at radius 1 is 1.12 bits per heavy atom. The van der Waals surface area contributed by atoms with E-state index in [9.17, 15) is 33.6 Å². The van der Waals surface area contributed by atoms with Gasteiger partial charge in [0.15, 0.2) is 6.61 Å². The van der Waals surface area contributed by atoms with Crippen LogP contribution < -0.4 is 15.4 Å². The van der Waals surface area contributed by atoms with Gasteiger partial charge < -0.3 is 19.9 Å². The summed E-state index contributed by atoms with van der Waals surface area (Å²) in [4.78, 5) is 87.2. The van der Waals surface area contributed by atoms with Crippen LogP contribution in [0.1, 0.15) is 67.2 Å². The van der Waals surface area contributed by atoms with Gasteiger partial charge in [0.05, 0.1) is 11.1 Å². The standard InChI is InChI=1S/C26H32N4O10/c1-26(2,3)40-25(38)29(13-20(33)34)12-5-4-11-27-19(32)14-39-17-8-6-7-15-21(17)24(37)30(23(15)36)16-9-10-18(31)28-22(16)35/h6-8,16H,4-5,9-14H2,1-3H3,(H,27,32)(H,33,34)(H,28,31,35). The lowest BCUT2D eigenvalue weighted by Gasteiger charge is -2.27. The minimum atomic E-state index is -1.18. The summed E-state index contributed by atoms with van der Waals surface area (Å²) in [7, 11) is 0. The van der Waals surface area contributed by atoms with Crippen molar-refractivity contribution in [2.24, 2.45) is 0 Å². The number of piperidine rings is 1. The van der Waals surface area contributed by atoms with Crippen molar-refractivity contribution in [2.75, 3.05) is 26.2 Å². The van der Waals surface area contributed by atoms with Gasteiger partial charge in [0.2, 0.25) is 11.8 Å². The van der Waals surface area contributed by atoms with Crippen LogP contribution in [0.15, 0.2) is 18.2 Å². The van der Waals surface area contributed by atoms with Crippen LogP contribution in [-0.4, -0.2) is 94.4 Å². The Balaban J connectivity index is 1.49. The molecule has 6 amide bonds. The van der Waals surface area contributed by atoms with Gasteiger partial charge in [-0.3, -0.25) is 43.9 Å². The third-order valence-corrected chi connectivity index (χ3v) is 5.94. The zero-order valence-corrected chi connectivity index (χ0v) is 22.5. The molecule has 1 saturated heterocycles. The highest BCUT2D eigenvalue weighted by molar-refractivity contribution is 6.24. The van der Waals surface area contributed by atoms with Crippen LogP contribution in [0.4, 0.5) is 4.79 Å². The van der Waals surface area contributed by atoms with Crippen LogP contribution in [-0.2, 0) is 23.9 Å². The third kappa shape index (κ3) is 7.55. The average molecular weight is 561 g/mol. The van der Waals surface area contributed by atoms with E-state index < -0.39 is 66.4 Å². The normalized spacial score (nSPS) is 16.8. The van der Waals surface area contributed by atoms with E-state index >= 15 is 0 Å². The maximum absolute atomic E-state index is 13.1. The van der Waals surface area contributed by atoms with Crippen molar-refractivity contribution >= 4 is 41.6 Å². The quantitative estimate of drug-likeness (QED) is 0.256. The monoisotopic (exact) mass is 560 g/mol. The Kier molecular flexibility index (Phi) is 9.45. The number of hydrogen-bond donors (Lipinski definition) is 3. The van der Waals surface area contributed by atoms with E-state index in [-0.39, 0.29) is 42.8 Å². The molecule has 14 nitrogen and oxygen atoms in total. The van der Waals surface area contributed by atoms with E-state index in [2.05, 4.69) is 10.6 Å². The maximum Gasteiger partial charge on any atom is 0.410 e. The number of aliphatic carboxylic acids is 1. The van der Waals surface area contributed by atoms with Crippen LogP contribution in [0.5, 0.6) is 5.75 Å². The lowest BCUT2D eigenvalue weighted by molar-refractivity contribution is -0.138. The fraction of sp³-hybridized carbons (Fsp3) is 0.500. The second kappa shape index (κ2) is 12.6. The molecule has 0 radical (unpaired) electrons. The van der Waals surface area contributed by atoms with Crippen LogP contribution in [0.3, 0.4) is 0 Å². The molecule has 0 spiro atoms. The number of nitrogens with zero attached hydrogens (tertiary/aromatic N) is 2. The van der Waals surface area contributed by atoms with Gasteiger partial charge in [0.25, 0.3) is 17.7 Å². The molecule has 3 rings (SSSR count). The van der Waals surface area contributed by atoms with E-state index in [0.717, 1.165) is 9.80 Å². The number of carboxylic acid groups (broad SMARTS) is 1. The Hall–Kier alpha value is -4.49. The van der Waals surface area contributed by atoms with Gasteiger partial charge in [0.1, 0.15) is 23.9 Å². The molecular weight excluding hydrogens is 528 g/mol. The first-order valence-electron chi connectivity index (χ1n) is 12.7. The average Bonchev–Trinajstić information content (AvgIpc) is 3.11. The van der Waals surface area contributed by atoms with Crippen molar-refractivity contribution < 1.29 is 48.1 Å². The number of unbranched alkanes of at least 4 members (excludes halogenated alkanes) is 1. The third-order valence-electron chi connectivity index (χ3n) is 5.94. The molecule has 2 aliphatic rings. The van der Waals surface area contributed by atoms with Crippen molar-refractivity contribution in [1.82, 2.24) is 20.4 Å². The fourth-order valence-electron chi connectivity index (χ4n) is 4.18. The first kappa shape index (κ1) is 30.1. The number of amides is 6. The van der Waals surface area contributed by atoms with Crippen molar-refractivity contribution in [3.63, 3.8) is 0 Å². The Bertz CT molecular complexity index is 1220. The van der Waals surface area contributed by atoms with Gasteiger partial charge in [-0.2, -0.15) is 0 Å². The van der Waals surface area contributed by atoms with Crippen molar-refractivity contribution in [2.45, 2.75) is 58.1 Å². The molecule has 14 heteroatoms. The summed E-state index contributed by atoms with van der Waals surface area (Å²) < 4.78 is 10.7. The van der Waals surface area contributed by atoms with E-state index in [0.29, 0.717) is 12.8 Å². The summed E-state index contributed by atoms with van der Waals surface area (Å²) in [6, 6.07) is 3.21. The van der Waals surface area contributed by atoms with Crippen molar-refractivity contribution in [3.05, 3.63) is 29.3 Å². The number of rotatable bonds is 11. The van der Waals surface area contributed by atoms with Gasteiger partial charge in [-0.15, -0.1) is 0 Å². The zero-order valence-electron chi connectivity index (χ0n) is 22.5. The van der Waals surface area contributed by atoms with E-state index in [1.54, 1.807) is 20.8 Å². The van der Waals surface area contributed by atoms with E-state index in [4.69, 9.17) is 14.6 Å². The molecule has 216 valence electrons. The first-order chi connectivity index (χ1) is 18.8. The number of carbonyl (C=O) groups excluding carboxylic acids is 6. The first-order valence-corrected chi connectivity index (χ1v) is 12.7. The smallest absolute Gasteiger partial charge is 0.410 e. The predicted molar refractivity (Wildman–Crippen MR) is 136 cm³/mol. The number of ether oxygens (including phenoxy) is 2. The summed E-state index contributed by atoms with van der Waals surface area (Å²) in [6.45, 7) is 4.38. The molecule has 1 aromatic rings. The summed E-state index contributed by atoms with van der Waals surface area (Å²) >= 11 is 0. The van der Waals surface area contributed by atoms with Crippen LogP contribution >= 0.6 is 0 Å². The SMILES string of the molecule is CC(C)(C)OC(=O)N(CCCCNC(=O)COc1cccc2c1C(=O)N(C1CCC(=O)NC1=O)C2=O)CC(=O)O. The van der Waals surface area contributed by atoms with E-state index in [1.165, 1.54) is 18.2 Å². The molecule has 0 bridgehead atoms. The molecular formula is C26H32N4O10. The molecule has 0 aromatic heterocycles. The lowest BCUT2D eigenvalue weighted by atomic mass is 10.0. The molecule has 1 aromatic carbocycles. The number of benzene rings is 1. The topological polar surface area (TPSA) is 189 Å².